The molecule has 118 valence electrons. The number of amides is 2. The highest BCUT2D eigenvalue weighted by Gasteiger charge is 2.14. The van der Waals surface area contributed by atoms with Crippen LogP contribution in [0.4, 0.5) is 0 Å². The number of nitrogens with one attached hydrogen (secondary N) is 3. The van der Waals surface area contributed by atoms with Crippen molar-refractivity contribution in [2.75, 3.05) is 39.9 Å². The van der Waals surface area contributed by atoms with E-state index in [0.29, 0.717) is 25.5 Å². The summed E-state index contributed by atoms with van der Waals surface area (Å²) < 4.78 is 4.82. The largest absolute Gasteiger partial charge is 0.383 e. The summed E-state index contributed by atoms with van der Waals surface area (Å²) in [6.45, 7) is 3.10. The number of piperidine rings is 1. The lowest BCUT2D eigenvalue weighted by atomic mass is 9.93. The Balaban J connectivity index is 0.00000361. The van der Waals surface area contributed by atoms with Gasteiger partial charge in [0.2, 0.25) is 11.8 Å². The summed E-state index contributed by atoms with van der Waals surface area (Å²) in [6, 6.07) is 0. The number of rotatable bonds is 8. The number of carbonyl (C=O) groups excluding carboxylic acids is 2. The lowest BCUT2D eigenvalue weighted by Crippen LogP contribution is -2.38. The van der Waals surface area contributed by atoms with E-state index in [2.05, 4.69) is 16.0 Å². The number of methoxy groups -OCH3 is 1. The van der Waals surface area contributed by atoms with Crippen LogP contribution in [0, 0.1) is 5.92 Å². The normalized spacial score (nSPS) is 15.2. The summed E-state index contributed by atoms with van der Waals surface area (Å²) in [5.74, 6) is 0.426. The van der Waals surface area contributed by atoms with E-state index in [-0.39, 0.29) is 30.8 Å². The topological polar surface area (TPSA) is 79.5 Å². The molecule has 1 aliphatic heterocycles. The molecule has 1 fully saturated rings. The number of carbonyl (C=O) groups is 2. The summed E-state index contributed by atoms with van der Waals surface area (Å²) in [4.78, 5) is 22.9. The number of ether oxygens (including phenoxy) is 1. The average molecular weight is 308 g/mol. The van der Waals surface area contributed by atoms with Crippen molar-refractivity contribution in [1.82, 2.24) is 16.0 Å². The van der Waals surface area contributed by atoms with Gasteiger partial charge in [-0.1, -0.05) is 0 Å². The molecule has 20 heavy (non-hydrogen) atoms. The molecular weight excluding hydrogens is 282 g/mol. The fraction of sp³-hybridized carbons (Fsp3) is 0.846. The first-order valence-corrected chi connectivity index (χ1v) is 6.95. The number of hydrogen-bond donors (Lipinski definition) is 3. The molecule has 7 heteroatoms. The van der Waals surface area contributed by atoms with Crippen molar-refractivity contribution in [3.05, 3.63) is 0 Å². The van der Waals surface area contributed by atoms with Gasteiger partial charge in [-0.3, -0.25) is 9.59 Å². The molecule has 0 saturated carbocycles. The third kappa shape index (κ3) is 9.12. The van der Waals surface area contributed by atoms with Crippen LogP contribution in [0.3, 0.4) is 0 Å². The van der Waals surface area contributed by atoms with Crippen molar-refractivity contribution in [2.45, 2.75) is 25.7 Å². The van der Waals surface area contributed by atoms with E-state index < -0.39 is 0 Å². The summed E-state index contributed by atoms with van der Waals surface area (Å²) in [5.41, 5.74) is 0. The maximum absolute atomic E-state index is 11.6. The van der Waals surface area contributed by atoms with Gasteiger partial charge in [-0.25, -0.2) is 0 Å². The fourth-order valence-corrected chi connectivity index (χ4v) is 2.13. The van der Waals surface area contributed by atoms with Gasteiger partial charge in [0.25, 0.3) is 0 Å². The van der Waals surface area contributed by atoms with E-state index >= 15 is 0 Å². The van der Waals surface area contributed by atoms with Crippen molar-refractivity contribution in [3.8, 4) is 0 Å². The Morgan fingerprint density at radius 1 is 1.20 bits per heavy atom. The van der Waals surface area contributed by atoms with Crippen molar-refractivity contribution in [3.63, 3.8) is 0 Å². The van der Waals surface area contributed by atoms with Crippen LogP contribution in [-0.4, -0.2) is 51.7 Å². The van der Waals surface area contributed by atoms with Crippen LogP contribution in [0.25, 0.3) is 0 Å². The summed E-state index contributed by atoms with van der Waals surface area (Å²) in [5, 5.41) is 8.60. The van der Waals surface area contributed by atoms with E-state index in [1.54, 1.807) is 7.11 Å². The SMILES string of the molecule is COCCNC(=O)CNC(=O)CCC1CCNCC1.Cl. The van der Waals surface area contributed by atoms with Gasteiger partial charge in [0.15, 0.2) is 0 Å². The molecule has 0 aromatic carbocycles. The van der Waals surface area contributed by atoms with Crippen LogP contribution in [0.15, 0.2) is 0 Å². The number of halogens is 1. The zero-order valence-corrected chi connectivity index (χ0v) is 12.9. The second-order valence-electron chi connectivity index (χ2n) is 4.85. The van der Waals surface area contributed by atoms with Gasteiger partial charge >= 0.3 is 0 Å². The van der Waals surface area contributed by atoms with E-state index in [9.17, 15) is 9.59 Å². The molecule has 3 N–H and O–H groups in total. The van der Waals surface area contributed by atoms with Crippen LogP contribution in [0.1, 0.15) is 25.7 Å². The molecule has 0 radical (unpaired) electrons. The van der Waals surface area contributed by atoms with Gasteiger partial charge in [0.1, 0.15) is 0 Å². The van der Waals surface area contributed by atoms with E-state index in [1.807, 2.05) is 0 Å². The second-order valence-corrected chi connectivity index (χ2v) is 4.85. The third-order valence-corrected chi connectivity index (χ3v) is 3.31. The summed E-state index contributed by atoms with van der Waals surface area (Å²) in [6.07, 6.45) is 3.71. The Hall–Kier alpha value is -0.850. The number of hydrogen-bond acceptors (Lipinski definition) is 4. The minimum absolute atomic E-state index is 0. The molecule has 0 unspecified atom stereocenters. The first kappa shape index (κ1) is 19.1. The molecule has 0 aromatic rings. The Morgan fingerprint density at radius 2 is 1.90 bits per heavy atom. The van der Waals surface area contributed by atoms with Gasteiger partial charge in [0, 0.05) is 20.1 Å². The Morgan fingerprint density at radius 3 is 2.55 bits per heavy atom. The Bertz CT molecular complexity index is 284. The summed E-state index contributed by atoms with van der Waals surface area (Å²) >= 11 is 0. The minimum Gasteiger partial charge on any atom is -0.383 e. The quantitative estimate of drug-likeness (QED) is 0.554. The predicted octanol–water partition coefficient (Wildman–Crippen LogP) is 0.0668. The Labute approximate surface area is 126 Å². The molecule has 0 aromatic heterocycles. The lowest BCUT2D eigenvalue weighted by Gasteiger charge is -2.22. The fourth-order valence-electron chi connectivity index (χ4n) is 2.13. The molecule has 2 amide bonds. The van der Waals surface area contributed by atoms with Crippen LogP contribution < -0.4 is 16.0 Å². The van der Waals surface area contributed by atoms with Gasteiger partial charge in [-0.05, 0) is 38.3 Å². The third-order valence-electron chi connectivity index (χ3n) is 3.31. The van der Waals surface area contributed by atoms with Crippen LogP contribution >= 0.6 is 12.4 Å². The highest BCUT2D eigenvalue weighted by molar-refractivity contribution is 5.85. The van der Waals surface area contributed by atoms with Gasteiger partial charge < -0.3 is 20.7 Å². The predicted molar refractivity (Wildman–Crippen MR) is 80.0 cm³/mol. The monoisotopic (exact) mass is 307 g/mol. The van der Waals surface area contributed by atoms with E-state index in [0.717, 1.165) is 32.4 Å². The first-order valence-electron chi connectivity index (χ1n) is 6.95. The van der Waals surface area contributed by atoms with Crippen molar-refractivity contribution in [2.24, 2.45) is 5.92 Å². The maximum Gasteiger partial charge on any atom is 0.239 e. The highest BCUT2D eigenvalue weighted by atomic mass is 35.5. The molecule has 0 spiro atoms. The van der Waals surface area contributed by atoms with E-state index in [4.69, 9.17) is 4.74 Å². The van der Waals surface area contributed by atoms with Crippen LogP contribution in [-0.2, 0) is 14.3 Å². The zero-order chi connectivity index (χ0) is 13.9. The maximum atomic E-state index is 11.6. The first-order chi connectivity index (χ1) is 9.22. The van der Waals surface area contributed by atoms with Crippen molar-refractivity contribution >= 4 is 24.2 Å². The summed E-state index contributed by atoms with van der Waals surface area (Å²) in [7, 11) is 1.58. The molecule has 1 aliphatic rings. The average Bonchev–Trinajstić information content (AvgIpc) is 2.44. The standard InChI is InChI=1S/C13H25N3O3.ClH/c1-19-9-8-15-13(18)10-16-12(17)3-2-11-4-6-14-7-5-11;/h11,14H,2-10H2,1H3,(H,15,18)(H,16,17);1H. The Kier molecular flexibility index (Phi) is 11.4. The molecule has 1 rings (SSSR count). The molecule has 0 aliphatic carbocycles. The van der Waals surface area contributed by atoms with Gasteiger partial charge in [-0.15, -0.1) is 12.4 Å². The second kappa shape index (κ2) is 11.9. The highest BCUT2D eigenvalue weighted by Crippen LogP contribution is 2.17. The molecule has 1 saturated heterocycles. The molecular formula is C13H26ClN3O3. The van der Waals surface area contributed by atoms with Crippen molar-refractivity contribution < 1.29 is 14.3 Å². The lowest BCUT2D eigenvalue weighted by molar-refractivity contribution is -0.126. The van der Waals surface area contributed by atoms with Crippen LogP contribution in [0.2, 0.25) is 0 Å². The molecule has 1 heterocycles. The van der Waals surface area contributed by atoms with Gasteiger partial charge in [-0.2, -0.15) is 0 Å². The molecule has 6 nitrogen and oxygen atoms in total. The zero-order valence-electron chi connectivity index (χ0n) is 12.1. The van der Waals surface area contributed by atoms with Crippen LogP contribution in [0.5, 0.6) is 0 Å². The smallest absolute Gasteiger partial charge is 0.239 e. The van der Waals surface area contributed by atoms with Crippen molar-refractivity contribution in [1.29, 1.82) is 0 Å². The molecule has 0 bridgehead atoms. The van der Waals surface area contributed by atoms with Gasteiger partial charge in [0.05, 0.1) is 13.2 Å². The minimum atomic E-state index is -0.174. The molecule has 0 atom stereocenters. The van der Waals surface area contributed by atoms with E-state index in [1.165, 1.54) is 0 Å².